The second-order valence-corrected chi connectivity index (χ2v) is 4.55. The number of nitrogens with one attached hydrogen (secondary N) is 1. The molecule has 0 saturated heterocycles. The van der Waals surface area contributed by atoms with Crippen LogP contribution < -0.4 is 5.32 Å². The fourth-order valence-corrected chi connectivity index (χ4v) is 1.60. The Bertz CT molecular complexity index is 420. The largest absolute Gasteiger partial charge is 0.396 e. The summed E-state index contributed by atoms with van der Waals surface area (Å²) in [5, 5.41) is 11.3. The molecule has 92 valence electrons. The lowest BCUT2D eigenvalue weighted by Crippen LogP contribution is -2.36. The molecule has 1 amide bonds. The maximum absolute atomic E-state index is 11.8. The predicted molar refractivity (Wildman–Crippen MR) is 67.9 cm³/mol. The van der Waals surface area contributed by atoms with E-state index in [9.17, 15) is 9.59 Å². The molecular formula is C12H14BrNO3. The van der Waals surface area contributed by atoms with Gasteiger partial charge in [-0.3, -0.25) is 4.79 Å². The quantitative estimate of drug-likeness (QED) is 0.809. The van der Waals surface area contributed by atoms with Crippen molar-refractivity contribution in [3.8, 4) is 0 Å². The van der Waals surface area contributed by atoms with E-state index >= 15 is 0 Å². The van der Waals surface area contributed by atoms with Gasteiger partial charge in [-0.25, -0.2) is 0 Å². The van der Waals surface area contributed by atoms with Gasteiger partial charge in [-0.15, -0.1) is 0 Å². The van der Waals surface area contributed by atoms with Crippen molar-refractivity contribution >= 4 is 28.1 Å². The van der Waals surface area contributed by atoms with Gasteiger partial charge in [0, 0.05) is 16.6 Å². The van der Waals surface area contributed by atoms with E-state index in [0.717, 1.165) is 10.0 Å². The molecule has 17 heavy (non-hydrogen) atoms. The second kappa shape index (κ2) is 6.51. The summed E-state index contributed by atoms with van der Waals surface area (Å²) in [5.41, 5.74) is 1.44. The standard InChI is InChI=1S/C12H14BrNO3/c1-8-6-9(2-3-11(8)13)12(17)14-10(7-16)4-5-15/h2-3,6-7,10,15H,4-5H2,1H3,(H,14,17)/t10-/m0/s1. The van der Waals surface area contributed by atoms with Crippen molar-refractivity contribution in [3.63, 3.8) is 0 Å². The minimum Gasteiger partial charge on any atom is -0.396 e. The van der Waals surface area contributed by atoms with Gasteiger partial charge in [0.05, 0.1) is 6.04 Å². The molecule has 0 unspecified atom stereocenters. The first-order chi connectivity index (χ1) is 8.08. The van der Waals surface area contributed by atoms with Gasteiger partial charge < -0.3 is 15.2 Å². The zero-order chi connectivity index (χ0) is 12.8. The van der Waals surface area contributed by atoms with Crippen molar-refractivity contribution in [1.29, 1.82) is 0 Å². The molecule has 0 saturated carbocycles. The van der Waals surface area contributed by atoms with E-state index in [2.05, 4.69) is 21.2 Å². The smallest absolute Gasteiger partial charge is 0.251 e. The highest BCUT2D eigenvalue weighted by atomic mass is 79.9. The summed E-state index contributed by atoms with van der Waals surface area (Å²) in [6.07, 6.45) is 0.852. The van der Waals surface area contributed by atoms with Crippen LogP contribution in [0.4, 0.5) is 0 Å². The van der Waals surface area contributed by atoms with Crippen LogP contribution in [0.2, 0.25) is 0 Å². The third-order valence-electron chi connectivity index (χ3n) is 2.34. The van der Waals surface area contributed by atoms with E-state index in [-0.39, 0.29) is 18.9 Å². The zero-order valence-corrected chi connectivity index (χ0v) is 11.0. The number of hydrogen-bond donors (Lipinski definition) is 2. The summed E-state index contributed by atoms with van der Waals surface area (Å²) < 4.78 is 0.927. The number of carbonyl (C=O) groups excluding carboxylic acids is 2. The molecular weight excluding hydrogens is 286 g/mol. The van der Waals surface area contributed by atoms with Crippen LogP contribution in [-0.4, -0.2) is 29.9 Å². The molecule has 0 bridgehead atoms. The minimum absolute atomic E-state index is 0.136. The number of carbonyl (C=O) groups is 2. The average Bonchev–Trinajstić information content (AvgIpc) is 2.31. The van der Waals surface area contributed by atoms with Crippen LogP contribution in [0, 0.1) is 6.92 Å². The summed E-state index contributed by atoms with van der Waals surface area (Å²) in [7, 11) is 0. The lowest BCUT2D eigenvalue weighted by molar-refractivity contribution is -0.109. The Kier molecular flexibility index (Phi) is 5.31. The number of aliphatic hydroxyl groups excluding tert-OH is 1. The fourth-order valence-electron chi connectivity index (χ4n) is 1.35. The van der Waals surface area contributed by atoms with E-state index in [1.54, 1.807) is 18.2 Å². The van der Waals surface area contributed by atoms with E-state index < -0.39 is 6.04 Å². The van der Waals surface area contributed by atoms with Crippen LogP contribution >= 0.6 is 15.9 Å². The molecule has 0 heterocycles. The summed E-state index contributed by atoms with van der Waals surface area (Å²) >= 11 is 3.35. The van der Waals surface area contributed by atoms with Crippen molar-refractivity contribution in [2.45, 2.75) is 19.4 Å². The number of aldehydes is 1. The maximum Gasteiger partial charge on any atom is 0.251 e. The summed E-state index contributed by atoms with van der Waals surface area (Å²) in [6.45, 7) is 1.74. The molecule has 0 aliphatic rings. The van der Waals surface area contributed by atoms with E-state index in [1.165, 1.54) is 0 Å². The normalized spacial score (nSPS) is 11.9. The molecule has 0 fully saturated rings. The highest BCUT2D eigenvalue weighted by Gasteiger charge is 2.12. The van der Waals surface area contributed by atoms with Crippen LogP contribution in [0.25, 0.3) is 0 Å². The Balaban J connectivity index is 2.75. The molecule has 2 N–H and O–H groups in total. The predicted octanol–water partition coefficient (Wildman–Crippen LogP) is 1.44. The number of benzene rings is 1. The van der Waals surface area contributed by atoms with Gasteiger partial charge in [-0.05, 0) is 37.1 Å². The third-order valence-corrected chi connectivity index (χ3v) is 3.23. The SMILES string of the molecule is Cc1cc(C(=O)N[C@H](C=O)CCO)ccc1Br. The van der Waals surface area contributed by atoms with Gasteiger partial charge in [0.2, 0.25) is 0 Å². The van der Waals surface area contributed by atoms with Gasteiger partial charge in [0.1, 0.15) is 6.29 Å². The van der Waals surface area contributed by atoms with E-state index in [4.69, 9.17) is 5.11 Å². The van der Waals surface area contributed by atoms with Crippen LogP contribution in [0.3, 0.4) is 0 Å². The van der Waals surface area contributed by atoms with Gasteiger partial charge >= 0.3 is 0 Å². The number of hydrogen-bond acceptors (Lipinski definition) is 3. The Hall–Kier alpha value is -1.20. The molecule has 0 aliphatic carbocycles. The Morgan fingerprint density at radius 1 is 1.59 bits per heavy atom. The summed E-state index contributed by atoms with van der Waals surface area (Å²) in [5.74, 6) is -0.314. The zero-order valence-electron chi connectivity index (χ0n) is 9.44. The van der Waals surface area contributed by atoms with E-state index in [1.807, 2.05) is 6.92 Å². The maximum atomic E-state index is 11.8. The summed E-state index contributed by atoms with van der Waals surface area (Å²) in [4.78, 5) is 22.4. The molecule has 0 aromatic heterocycles. The molecule has 0 aliphatic heterocycles. The van der Waals surface area contributed by atoms with Crippen molar-refractivity contribution in [2.75, 3.05) is 6.61 Å². The van der Waals surface area contributed by atoms with Crippen molar-refractivity contribution in [3.05, 3.63) is 33.8 Å². The lowest BCUT2D eigenvalue weighted by Gasteiger charge is -2.11. The van der Waals surface area contributed by atoms with Crippen LogP contribution in [0.5, 0.6) is 0 Å². The number of aryl methyl sites for hydroxylation is 1. The first-order valence-corrected chi connectivity index (χ1v) is 6.01. The number of aliphatic hydroxyl groups is 1. The van der Waals surface area contributed by atoms with Crippen molar-refractivity contribution in [2.24, 2.45) is 0 Å². The van der Waals surface area contributed by atoms with Crippen molar-refractivity contribution in [1.82, 2.24) is 5.32 Å². The van der Waals surface area contributed by atoms with Crippen LogP contribution in [0.15, 0.2) is 22.7 Å². The molecule has 1 atom stereocenters. The highest BCUT2D eigenvalue weighted by molar-refractivity contribution is 9.10. The van der Waals surface area contributed by atoms with Crippen molar-refractivity contribution < 1.29 is 14.7 Å². The lowest BCUT2D eigenvalue weighted by atomic mass is 10.1. The number of halogens is 1. The van der Waals surface area contributed by atoms with E-state index in [0.29, 0.717) is 11.8 Å². The second-order valence-electron chi connectivity index (χ2n) is 3.69. The monoisotopic (exact) mass is 299 g/mol. The fraction of sp³-hybridized carbons (Fsp3) is 0.333. The number of rotatable bonds is 5. The van der Waals surface area contributed by atoms with Gasteiger partial charge in [-0.1, -0.05) is 15.9 Å². The summed E-state index contributed by atoms with van der Waals surface area (Å²) in [6, 6.07) is 4.55. The van der Waals surface area contributed by atoms with Gasteiger partial charge in [-0.2, -0.15) is 0 Å². The highest BCUT2D eigenvalue weighted by Crippen LogP contribution is 2.17. The van der Waals surface area contributed by atoms with Crippen LogP contribution in [-0.2, 0) is 4.79 Å². The third kappa shape index (κ3) is 3.94. The van der Waals surface area contributed by atoms with Gasteiger partial charge in [0.15, 0.2) is 0 Å². The number of amides is 1. The molecule has 1 aromatic carbocycles. The molecule has 1 aromatic rings. The Morgan fingerprint density at radius 2 is 2.29 bits per heavy atom. The first kappa shape index (κ1) is 13.9. The van der Waals surface area contributed by atoms with Gasteiger partial charge in [0.25, 0.3) is 5.91 Å². The Labute approximate surface area is 108 Å². The molecule has 0 spiro atoms. The molecule has 0 radical (unpaired) electrons. The first-order valence-electron chi connectivity index (χ1n) is 5.21. The minimum atomic E-state index is -0.642. The Morgan fingerprint density at radius 3 is 2.82 bits per heavy atom. The molecule has 4 nitrogen and oxygen atoms in total. The molecule has 1 rings (SSSR count). The topological polar surface area (TPSA) is 66.4 Å². The average molecular weight is 300 g/mol. The molecule has 5 heteroatoms. The van der Waals surface area contributed by atoms with Crippen LogP contribution in [0.1, 0.15) is 22.3 Å².